The molecule has 5 heterocycles. The summed E-state index contributed by atoms with van der Waals surface area (Å²) in [5.74, 6) is -3.05. The van der Waals surface area contributed by atoms with Crippen LogP contribution in [0.4, 0.5) is 23.8 Å². The second kappa shape index (κ2) is 9.45. The summed E-state index contributed by atoms with van der Waals surface area (Å²) < 4.78 is 55.5. The minimum atomic E-state index is -2.64. The molecule has 41 heavy (non-hydrogen) atoms. The quantitative estimate of drug-likeness (QED) is 0.431. The van der Waals surface area contributed by atoms with E-state index in [0.717, 1.165) is 19.4 Å². The molecule has 0 aromatic carbocycles. The first-order chi connectivity index (χ1) is 19.2. The van der Waals surface area contributed by atoms with Gasteiger partial charge in [-0.3, -0.25) is 4.90 Å². The summed E-state index contributed by atoms with van der Waals surface area (Å²) >= 11 is 6.01. The Balaban J connectivity index is 1.28. The highest BCUT2D eigenvalue weighted by atomic mass is 35.5. The Morgan fingerprint density at radius 1 is 1.24 bits per heavy atom. The molecule has 2 unspecified atom stereocenters. The van der Waals surface area contributed by atoms with Gasteiger partial charge in [-0.15, -0.1) is 0 Å². The second-order valence-electron chi connectivity index (χ2n) is 13.2. The topological polar surface area (TPSA) is 83.9 Å². The fraction of sp³-hybridized carbons (Fsp3) is 0.714. The maximum Gasteiger partial charge on any atom is 0.410 e. The molecule has 3 saturated heterocycles. The number of likely N-dealkylation sites (tertiary alicyclic amines) is 1. The lowest BCUT2D eigenvalue weighted by Gasteiger charge is -2.33. The van der Waals surface area contributed by atoms with Gasteiger partial charge in [0.05, 0.1) is 28.4 Å². The number of likely N-dealkylation sites (N-methyl/N-ethyl adjacent to an activating group) is 1. The highest BCUT2D eigenvalue weighted by Crippen LogP contribution is 2.69. The van der Waals surface area contributed by atoms with Gasteiger partial charge in [-0.2, -0.15) is 9.97 Å². The number of amides is 1. The van der Waals surface area contributed by atoms with Crippen LogP contribution in [0.3, 0.4) is 0 Å². The van der Waals surface area contributed by atoms with Crippen LogP contribution in [-0.2, 0) is 4.74 Å². The maximum absolute atomic E-state index is 15.2. The van der Waals surface area contributed by atoms with Crippen LogP contribution in [0, 0.1) is 11.2 Å². The zero-order valence-corrected chi connectivity index (χ0v) is 24.8. The van der Waals surface area contributed by atoms with Crippen LogP contribution in [0.5, 0.6) is 6.01 Å². The summed E-state index contributed by atoms with van der Waals surface area (Å²) in [5, 5.41) is 0.0260. The van der Waals surface area contributed by atoms with Gasteiger partial charge < -0.3 is 19.3 Å². The van der Waals surface area contributed by atoms with E-state index in [1.807, 2.05) is 39.6 Å². The lowest BCUT2D eigenvalue weighted by atomic mass is 9.89. The molecule has 3 aliphatic heterocycles. The van der Waals surface area contributed by atoms with Crippen molar-refractivity contribution in [2.45, 2.75) is 88.9 Å². The van der Waals surface area contributed by atoms with Gasteiger partial charge in [0, 0.05) is 32.8 Å². The van der Waals surface area contributed by atoms with Crippen LogP contribution >= 0.6 is 11.6 Å². The fourth-order valence-corrected chi connectivity index (χ4v) is 7.30. The molecule has 0 N–H and O–H groups in total. The highest BCUT2D eigenvalue weighted by molar-refractivity contribution is 6.30. The molecule has 1 saturated carbocycles. The molecule has 4 aliphatic rings. The van der Waals surface area contributed by atoms with Crippen molar-refractivity contribution in [2.75, 3.05) is 38.2 Å². The van der Waals surface area contributed by atoms with E-state index in [4.69, 9.17) is 21.1 Å². The second-order valence-corrected chi connectivity index (χ2v) is 13.6. The molecule has 9 nitrogen and oxygen atoms in total. The number of hydrogen-bond donors (Lipinski definition) is 0. The third-order valence-corrected chi connectivity index (χ3v) is 9.62. The number of anilines is 1. The molecular weight excluding hydrogens is 561 g/mol. The van der Waals surface area contributed by atoms with Gasteiger partial charge in [-0.25, -0.2) is 22.9 Å². The summed E-state index contributed by atoms with van der Waals surface area (Å²) in [5.41, 5.74) is -2.16. The Hall–Kier alpha value is -2.60. The number of halogens is 4. The molecule has 1 spiro atoms. The summed E-state index contributed by atoms with van der Waals surface area (Å²) in [6, 6.07) is -0.446. The average Bonchev–Trinajstić information content (AvgIpc) is 3.26. The molecule has 4 atom stereocenters. The van der Waals surface area contributed by atoms with Crippen LogP contribution in [0.15, 0.2) is 6.20 Å². The Morgan fingerprint density at radius 3 is 2.66 bits per heavy atom. The standard InChI is InChI=1S/C28H36ClF3N6O3/c1-16-18(7-10-38(16)24(39)41-25(2,3)4)36(5)22-17-11-33-21(29)19(30)20(17)34-23(35-22)40-15-27-8-6-9-37(27)14-26(12-27)13-28(26,31)32/h11,16,18H,6-10,12-15H2,1-5H3/t16-,18-,26?,27?/m1/s1. The maximum atomic E-state index is 15.2. The number of carbonyl (C=O) groups excluding carboxylic acids is 1. The SMILES string of the molecule is C[C@@H]1[C@H](N(C)c2nc(OCC34CCCN3CC3(C4)CC3(F)F)nc3c(F)c(Cl)ncc23)CCN1C(=O)OC(C)(C)C. The molecule has 1 aliphatic carbocycles. The molecule has 2 aromatic rings. The number of alkyl halides is 2. The summed E-state index contributed by atoms with van der Waals surface area (Å²) in [4.78, 5) is 31.5. The van der Waals surface area contributed by atoms with E-state index in [1.165, 1.54) is 6.20 Å². The van der Waals surface area contributed by atoms with Gasteiger partial charge in [0.2, 0.25) is 0 Å². The third kappa shape index (κ3) is 4.74. The predicted octanol–water partition coefficient (Wildman–Crippen LogP) is 5.29. The first-order valence-electron chi connectivity index (χ1n) is 14.2. The highest BCUT2D eigenvalue weighted by Gasteiger charge is 2.77. The molecule has 2 aromatic heterocycles. The van der Waals surface area contributed by atoms with Gasteiger partial charge >= 0.3 is 12.1 Å². The minimum absolute atomic E-state index is 0.0381. The van der Waals surface area contributed by atoms with Crippen molar-refractivity contribution in [2.24, 2.45) is 5.41 Å². The fourth-order valence-electron chi connectivity index (χ4n) is 7.16. The van der Waals surface area contributed by atoms with E-state index < -0.39 is 34.4 Å². The Morgan fingerprint density at radius 2 is 1.98 bits per heavy atom. The van der Waals surface area contributed by atoms with Gasteiger partial charge in [0.15, 0.2) is 11.0 Å². The number of nitrogens with zero attached hydrogens (tertiary/aromatic N) is 6. The molecule has 13 heteroatoms. The van der Waals surface area contributed by atoms with Gasteiger partial charge in [-0.05, 0) is 59.9 Å². The van der Waals surface area contributed by atoms with Crippen molar-refractivity contribution in [1.82, 2.24) is 24.8 Å². The Bertz CT molecular complexity index is 1390. The molecule has 4 fully saturated rings. The van der Waals surface area contributed by atoms with Crippen molar-refractivity contribution in [3.8, 4) is 6.01 Å². The molecule has 0 bridgehead atoms. The van der Waals surface area contributed by atoms with Crippen molar-refractivity contribution in [1.29, 1.82) is 0 Å². The average molecular weight is 597 g/mol. The molecule has 0 radical (unpaired) electrons. The number of carbonyl (C=O) groups is 1. The number of pyridine rings is 1. The van der Waals surface area contributed by atoms with Crippen molar-refractivity contribution in [3.63, 3.8) is 0 Å². The number of aromatic nitrogens is 3. The third-order valence-electron chi connectivity index (χ3n) is 9.36. The zero-order chi connectivity index (χ0) is 29.5. The first kappa shape index (κ1) is 28.5. The van der Waals surface area contributed by atoms with Crippen LogP contribution in [0.2, 0.25) is 5.15 Å². The Kier molecular flexibility index (Phi) is 6.58. The molecule has 224 valence electrons. The van der Waals surface area contributed by atoms with Crippen molar-refractivity contribution < 1.29 is 27.4 Å². The van der Waals surface area contributed by atoms with E-state index in [1.54, 1.807) is 4.90 Å². The van der Waals surface area contributed by atoms with Crippen LogP contribution in [0.1, 0.15) is 59.8 Å². The van der Waals surface area contributed by atoms with Gasteiger partial charge in [-0.1, -0.05) is 11.6 Å². The van der Waals surface area contributed by atoms with E-state index in [0.29, 0.717) is 37.1 Å². The van der Waals surface area contributed by atoms with E-state index in [2.05, 4.69) is 19.9 Å². The molecule has 6 rings (SSSR count). The summed E-state index contributed by atoms with van der Waals surface area (Å²) in [7, 11) is 1.82. The van der Waals surface area contributed by atoms with E-state index >= 15 is 4.39 Å². The number of ether oxygens (including phenoxy) is 2. The Labute approximate surface area is 242 Å². The zero-order valence-electron chi connectivity index (χ0n) is 24.0. The van der Waals surface area contributed by atoms with Gasteiger partial charge in [0.1, 0.15) is 23.5 Å². The number of rotatable bonds is 5. The number of fused-ring (bicyclic) bond motifs is 2. The molecular formula is C28H36ClF3N6O3. The summed E-state index contributed by atoms with van der Waals surface area (Å²) in [6.07, 6.45) is 3.59. The van der Waals surface area contributed by atoms with E-state index in [9.17, 15) is 13.6 Å². The van der Waals surface area contributed by atoms with Crippen LogP contribution < -0.4 is 9.64 Å². The van der Waals surface area contributed by atoms with Crippen LogP contribution in [-0.4, -0.2) is 93.3 Å². The lowest BCUT2D eigenvalue weighted by Crippen LogP contribution is -2.45. The smallest absolute Gasteiger partial charge is 0.410 e. The first-order valence-corrected chi connectivity index (χ1v) is 14.5. The van der Waals surface area contributed by atoms with Gasteiger partial charge in [0.25, 0.3) is 5.92 Å². The normalized spacial score (nSPS) is 30.7. The summed E-state index contributed by atoms with van der Waals surface area (Å²) in [6.45, 7) is 9.13. The monoisotopic (exact) mass is 596 g/mol. The largest absolute Gasteiger partial charge is 0.461 e. The van der Waals surface area contributed by atoms with Crippen molar-refractivity contribution in [3.05, 3.63) is 17.2 Å². The minimum Gasteiger partial charge on any atom is -0.461 e. The van der Waals surface area contributed by atoms with Crippen molar-refractivity contribution >= 4 is 34.4 Å². The molecule has 1 amide bonds. The number of hydrogen-bond acceptors (Lipinski definition) is 8. The van der Waals surface area contributed by atoms with Crippen LogP contribution in [0.25, 0.3) is 10.9 Å². The lowest BCUT2D eigenvalue weighted by molar-refractivity contribution is 0.0233. The predicted molar refractivity (Wildman–Crippen MR) is 147 cm³/mol. The van der Waals surface area contributed by atoms with E-state index in [-0.39, 0.29) is 41.8 Å².